The highest BCUT2D eigenvalue weighted by Gasteiger charge is 2.12. The minimum atomic E-state index is 0.988. The fourth-order valence-corrected chi connectivity index (χ4v) is 1.81. The van der Waals surface area contributed by atoms with Crippen molar-refractivity contribution < 1.29 is 0 Å². The maximum Gasteiger partial charge on any atom is 0.0455 e. The summed E-state index contributed by atoms with van der Waals surface area (Å²) in [6.07, 6.45) is 23.4. The van der Waals surface area contributed by atoms with Gasteiger partial charge in [-0.25, -0.2) is 0 Å². The van der Waals surface area contributed by atoms with Crippen molar-refractivity contribution >= 4 is 0 Å². The van der Waals surface area contributed by atoms with Gasteiger partial charge in [-0.15, -0.1) is 0 Å². The molecule has 0 radical (unpaired) electrons. The molecule has 0 N–H and O–H groups in total. The molecule has 0 aliphatic rings. The lowest BCUT2D eigenvalue weighted by molar-refractivity contribution is 0.576. The summed E-state index contributed by atoms with van der Waals surface area (Å²) in [6, 6.07) is 0. The number of nitrogens with zero attached hydrogens (tertiary/aromatic N) is 1. The third kappa shape index (κ3) is 6.27. The predicted octanol–water partition coefficient (Wildman–Crippen LogP) is 6.23. The van der Waals surface area contributed by atoms with Crippen LogP contribution < -0.4 is 0 Å². The molecule has 1 nitrogen and oxygen atoms in total. The summed E-state index contributed by atoms with van der Waals surface area (Å²) in [5.74, 6) is 0. The molecule has 0 saturated carbocycles. The van der Waals surface area contributed by atoms with E-state index in [-0.39, 0.29) is 0 Å². The Morgan fingerprint density at radius 2 is 1.23 bits per heavy atom. The fourth-order valence-electron chi connectivity index (χ4n) is 1.81. The van der Waals surface area contributed by atoms with Gasteiger partial charge in [0.1, 0.15) is 0 Å². The van der Waals surface area contributed by atoms with E-state index in [0.717, 1.165) is 17.1 Å². The predicted molar refractivity (Wildman–Crippen MR) is 101 cm³/mol. The molecule has 1 heteroatoms. The lowest BCUT2D eigenvalue weighted by Gasteiger charge is -2.28. The summed E-state index contributed by atoms with van der Waals surface area (Å²) in [7, 11) is 0. The van der Waals surface area contributed by atoms with Gasteiger partial charge in [-0.2, -0.15) is 0 Å². The van der Waals surface area contributed by atoms with Crippen molar-refractivity contribution in [3.8, 4) is 0 Å². The maximum absolute atomic E-state index is 3.94. The molecule has 0 heterocycles. The van der Waals surface area contributed by atoms with Gasteiger partial charge in [-0.05, 0) is 45.1 Å². The molecule has 116 valence electrons. The van der Waals surface area contributed by atoms with E-state index >= 15 is 0 Å². The van der Waals surface area contributed by atoms with Crippen molar-refractivity contribution in [2.45, 2.75) is 20.8 Å². The Morgan fingerprint density at radius 1 is 0.727 bits per heavy atom. The van der Waals surface area contributed by atoms with Crippen molar-refractivity contribution in [3.63, 3.8) is 0 Å². The van der Waals surface area contributed by atoms with E-state index in [4.69, 9.17) is 0 Å². The summed E-state index contributed by atoms with van der Waals surface area (Å²) in [6.45, 7) is 17.4. The maximum atomic E-state index is 3.94. The van der Waals surface area contributed by atoms with Gasteiger partial charge in [0.2, 0.25) is 0 Å². The Kier molecular flexibility index (Phi) is 10.8. The first-order chi connectivity index (χ1) is 10.7. The van der Waals surface area contributed by atoms with Gasteiger partial charge >= 0.3 is 0 Å². The molecular formula is C21H27N. The van der Waals surface area contributed by atoms with Crippen LogP contribution in [0.2, 0.25) is 0 Å². The second-order valence-corrected chi connectivity index (χ2v) is 4.27. The average Bonchev–Trinajstić information content (AvgIpc) is 2.55. The van der Waals surface area contributed by atoms with Gasteiger partial charge in [-0.3, -0.25) is 0 Å². The lowest BCUT2D eigenvalue weighted by Crippen LogP contribution is -2.19. The first kappa shape index (κ1) is 19.5. The average molecular weight is 293 g/mol. The Bertz CT molecular complexity index is 514. The second kappa shape index (κ2) is 12.2. The van der Waals surface area contributed by atoms with Gasteiger partial charge in [0.25, 0.3) is 0 Å². The Hall–Kier alpha value is -2.54. The fraction of sp³-hybridized carbons (Fsp3) is 0.143. The van der Waals surface area contributed by atoms with Crippen molar-refractivity contribution in [1.82, 2.24) is 4.90 Å². The van der Waals surface area contributed by atoms with Crippen LogP contribution in [0.3, 0.4) is 0 Å². The molecule has 0 aliphatic heterocycles. The minimum absolute atomic E-state index is 0.988. The van der Waals surface area contributed by atoms with Crippen LogP contribution in [0.5, 0.6) is 0 Å². The lowest BCUT2D eigenvalue weighted by atomic mass is 10.2. The summed E-state index contributed by atoms with van der Waals surface area (Å²) < 4.78 is 0. The van der Waals surface area contributed by atoms with E-state index in [1.807, 2.05) is 69.4 Å². The highest BCUT2D eigenvalue weighted by atomic mass is 15.2. The molecule has 0 aromatic heterocycles. The van der Waals surface area contributed by atoms with Crippen LogP contribution in [-0.4, -0.2) is 4.90 Å². The third-order valence-corrected chi connectivity index (χ3v) is 2.84. The molecule has 0 aliphatic carbocycles. The zero-order valence-corrected chi connectivity index (χ0v) is 14.0. The van der Waals surface area contributed by atoms with E-state index in [1.54, 1.807) is 12.2 Å². The minimum Gasteiger partial charge on any atom is -0.311 e. The van der Waals surface area contributed by atoms with E-state index in [9.17, 15) is 0 Å². The zero-order valence-electron chi connectivity index (χ0n) is 14.0. The van der Waals surface area contributed by atoms with Crippen LogP contribution in [0.25, 0.3) is 0 Å². The van der Waals surface area contributed by atoms with Crippen LogP contribution >= 0.6 is 0 Å². The normalized spacial score (nSPS) is 14.0. The van der Waals surface area contributed by atoms with Crippen LogP contribution in [0.15, 0.2) is 110 Å². The molecular weight excluding hydrogens is 266 g/mol. The number of hydrogen-bond acceptors (Lipinski definition) is 1. The molecule has 0 fully saturated rings. The number of hydrogen-bond donors (Lipinski definition) is 0. The van der Waals surface area contributed by atoms with Crippen LogP contribution in [0.1, 0.15) is 20.8 Å². The Morgan fingerprint density at radius 3 is 1.55 bits per heavy atom. The molecule has 0 rings (SSSR count). The van der Waals surface area contributed by atoms with Gasteiger partial charge in [-0.1, -0.05) is 68.3 Å². The van der Waals surface area contributed by atoms with Crippen LogP contribution in [0.4, 0.5) is 0 Å². The molecule has 0 bridgehead atoms. The molecule has 22 heavy (non-hydrogen) atoms. The quantitative estimate of drug-likeness (QED) is 0.456. The van der Waals surface area contributed by atoms with Crippen molar-refractivity contribution in [1.29, 1.82) is 0 Å². The monoisotopic (exact) mass is 293 g/mol. The molecule has 0 unspecified atom stereocenters. The smallest absolute Gasteiger partial charge is 0.0455 e. The number of allylic oxidation sites excluding steroid dienone is 12. The topological polar surface area (TPSA) is 3.24 Å². The zero-order chi connectivity index (χ0) is 16.8. The summed E-state index contributed by atoms with van der Waals surface area (Å²) in [5.41, 5.74) is 3.07. The van der Waals surface area contributed by atoms with Crippen molar-refractivity contribution in [2.75, 3.05) is 0 Å². The molecule has 0 amide bonds. The summed E-state index contributed by atoms with van der Waals surface area (Å²) >= 11 is 0. The van der Waals surface area contributed by atoms with Gasteiger partial charge < -0.3 is 4.90 Å². The Balaban J connectivity index is 6.10. The SMILES string of the molecule is C=C/C=C\C(=C/C)N(/C(C=C)=C/C=C\C)C(/C=C\C=C)=C/C. The molecule has 0 aromatic rings. The van der Waals surface area contributed by atoms with Crippen molar-refractivity contribution in [3.05, 3.63) is 110 Å². The van der Waals surface area contributed by atoms with E-state index in [1.165, 1.54) is 0 Å². The highest BCUT2D eigenvalue weighted by molar-refractivity contribution is 5.39. The van der Waals surface area contributed by atoms with Gasteiger partial charge in [0, 0.05) is 17.1 Å². The first-order valence-electron chi connectivity index (χ1n) is 7.36. The van der Waals surface area contributed by atoms with Crippen molar-refractivity contribution in [2.24, 2.45) is 0 Å². The van der Waals surface area contributed by atoms with Crippen LogP contribution in [0, 0.1) is 0 Å². The van der Waals surface area contributed by atoms with E-state index in [0.29, 0.717) is 0 Å². The standard InChI is InChI=1S/C21H27N/c1-7-13-16-19(10-4)22(20(11-5)17-14-8-2)21(12-6)18-15-9-3/h7-18H,1-2,6H2,3-5H3/b15-9-,16-13-,17-14-,19-10+,20-11+,21-18+. The summed E-state index contributed by atoms with van der Waals surface area (Å²) in [5, 5.41) is 0. The number of rotatable bonds is 9. The highest BCUT2D eigenvalue weighted by Crippen LogP contribution is 2.23. The first-order valence-corrected chi connectivity index (χ1v) is 7.36. The molecule has 0 atom stereocenters. The van der Waals surface area contributed by atoms with Crippen LogP contribution in [-0.2, 0) is 0 Å². The molecule has 0 aromatic carbocycles. The third-order valence-electron chi connectivity index (χ3n) is 2.84. The van der Waals surface area contributed by atoms with E-state index in [2.05, 4.69) is 36.8 Å². The molecule has 0 spiro atoms. The largest absolute Gasteiger partial charge is 0.311 e. The Labute approximate surface area is 136 Å². The molecule has 0 saturated heterocycles. The summed E-state index contributed by atoms with van der Waals surface area (Å²) in [4.78, 5) is 2.13. The second-order valence-electron chi connectivity index (χ2n) is 4.27. The van der Waals surface area contributed by atoms with Gasteiger partial charge in [0.15, 0.2) is 0 Å². The van der Waals surface area contributed by atoms with Gasteiger partial charge in [0.05, 0.1) is 0 Å². The van der Waals surface area contributed by atoms with E-state index < -0.39 is 0 Å².